The summed E-state index contributed by atoms with van der Waals surface area (Å²) in [6.07, 6.45) is 4.27. The lowest BCUT2D eigenvalue weighted by Gasteiger charge is -2.41. The highest BCUT2D eigenvalue weighted by atomic mass is 79.9. The second-order valence-corrected chi connectivity index (χ2v) is 10.1. The predicted molar refractivity (Wildman–Crippen MR) is 137 cm³/mol. The molecule has 0 N–H and O–H groups in total. The van der Waals surface area contributed by atoms with Crippen LogP contribution >= 0.6 is 15.9 Å². The first kappa shape index (κ1) is 22.2. The number of carbonyl (C=O) groups is 1. The van der Waals surface area contributed by atoms with Gasteiger partial charge in [0.25, 0.3) is 5.91 Å². The topological polar surface area (TPSA) is 63.0 Å². The molecule has 178 valence electrons. The van der Waals surface area contributed by atoms with E-state index >= 15 is 0 Å². The van der Waals surface area contributed by atoms with Gasteiger partial charge >= 0.3 is 0 Å². The highest BCUT2D eigenvalue weighted by molar-refractivity contribution is 9.10. The van der Waals surface area contributed by atoms with Crippen molar-refractivity contribution in [2.75, 3.05) is 20.2 Å². The van der Waals surface area contributed by atoms with Gasteiger partial charge in [0.15, 0.2) is 0 Å². The van der Waals surface area contributed by atoms with Gasteiger partial charge < -0.3 is 14.0 Å². The number of benzene rings is 1. The van der Waals surface area contributed by atoms with Crippen LogP contribution in [0.15, 0.2) is 71.3 Å². The molecule has 0 spiro atoms. The zero-order valence-corrected chi connectivity index (χ0v) is 21.1. The molecule has 2 bridgehead atoms. The summed E-state index contributed by atoms with van der Waals surface area (Å²) in [4.78, 5) is 27.1. The van der Waals surface area contributed by atoms with Crippen molar-refractivity contribution in [2.45, 2.75) is 31.5 Å². The lowest BCUT2D eigenvalue weighted by Crippen LogP contribution is -2.55. The van der Waals surface area contributed by atoms with E-state index in [1.165, 1.54) is 5.69 Å². The van der Waals surface area contributed by atoms with Crippen LogP contribution in [-0.2, 0) is 6.54 Å². The summed E-state index contributed by atoms with van der Waals surface area (Å²) in [7, 11) is 1.57. The molecule has 3 aromatic heterocycles. The minimum Gasteiger partial charge on any atom is -0.481 e. The van der Waals surface area contributed by atoms with Crippen molar-refractivity contribution in [3.05, 3.63) is 82.7 Å². The molecule has 7 nitrogen and oxygen atoms in total. The van der Waals surface area contributed by atoms with Crippen molar-refractivity contribution < 1.29 is 9.53 Å². The molecule has 1 amide bonds. The first-order valence-electron chi connectivity index (χ1n) is 11.9. The maximum atomic E-state index is 13.2. The SMILES string of the molecule is COc1cccc(C(=O)N2CC3CCC(C2)N3Cc2c(-c3ccc(Br)cc3)nc3ccccn23)n1. The first-order valence-corrected chi connectivity index (χ1v) is 12.7. The number of hydrogen-bond acceptors (Lipinski definition) is 5. The maximum absolute atomic E-state index is 13.2. The van der Waals surface area contributed by atoms with E-state index < -0.39 is 0 Å². The molecular formula is C27H26BrN5O2. The monoisotopic (exact) mass is 531 g/mol. The van der Waals surface area contributed by atoms with E-state index in [0.29, 0.717) is 36.7 Å². The van der Waals surface area contributed by atoms with Crippen molar-refractivity contribution in [1.82, 2.24) is 24.2 Å². The van der Waals surface area contributed by atoms with Gasteiger partial charge in [0.1, 0.15) is 11.3 Å². The smallest absolute Gasteiger partial charge is 0.272 e. The number of aromatic nitrogens is 3. The molecule has 6 rings (SSSR count). The Morgan fingerprint density at radius 3 is 2.51 bits per heavy atom. The second-order valence-electron chi connectivity index (χ2n) is 9.18. The summed E-state index contributed by atoms with van der Waals surface area (Å²) in [5, 5.41) is 0. The highest BCUT2D eigenvalue weighted by Gasteiger charge is 2.42. The summed E-state index contributed by atoms with van der Waals surface area (Å²) in [6, 6.07) is 20.5. The van der Waals surface area contributed by atoms with Gasteiger partial charge in [0, 0.05) is 54.0 Å². The van der Waals surface area contributed by atoms with Crippen molar-refractivity contribution >= 4 is 27.5 Å². The minimum absolute atomic E-state index is 0.0224. The Morgan fingerprint density at radius 2 is 1.77 bits per heavy atom. The number of likely N-dealkylation sites (tertiary alicyclic amines) is 1. The molecule has 0 radical (unpaired) electrons. The van der Waals surface area contributed by atoms with Crippen LogP contribution in [-0.4, -0.2) is 62.4 Å². The molecule has 2 atom stereocenters. The standard InChI is InChI=1S/C27H26BrN5O2/c1-35-25-7-4-5-22(29-25)27(34)31-15-20-12-13-21(16-31)33(20)17-23-26(18-8-10-19(28)11-9-18)30-24-6-2-3-14-32(23)24/h2-11,14,20-21H,12-13,15-17H2,1H3. The van der Waals surface area contributed by atoms with E-state index in [4.69, 9.17) is 9.72 Å². The van der Waals surface area contributed by atoms with E-state index in [2.05, 4.69) is 72.8 Å². The van der Waals surface area contributed by atoms with Crippen LogP contribution in [0.2, 0.25) is 0 Å². The van der Waals surface area contributed by atoms with Gasteiger partial charge in [-0.25, -0.2) is 9.97 Å². The van der Waals surface area contributed by atoms with E-state index in [1.54, 1.807) is 19.2 Å². The van der Waals surface area contributed by atoms with Crippen molar-refractivity contribution in [1.29, 1.82) is 0 Å². The average molecular weight is 532 g/mol. The Morgan fingerprint density at radius 1 is 1.00 bits per heavy atom. The molecule has 2 aliphatic heterocycles. The first-order chi connectivity index (χ1) is 17.1. The third-order valence-corrected chi connectivity index (χ3v) is 7.68. The number of imidazole rings is 1. The van der Waals surface area contributed by atoms with Crippen LogP contribution in [0.25, 0.3) is 16.9 Å². The van der Waals surface area contributed by atoms with Crippen LogP contribution in [0.4, 0.5) is 0 Å². The largest absolute Gasteiger partial charge is 0.481 e. The Labute approximate surface area is 212 Å². The Balaban J connectivity index is 1.28. The van der Waals surface area contributed by atoms with Gasteiger partial charge in [-0.2, -0.15) is 0 Å². The number of hydrogen-bond donors (Lipinski definition) is 0. The number of carbonyl (C=O) groups excluding carboxylic acids is 1. The third kappa shape index (κ3) is 4.10. The Bertz CT molecular complexity index is 1370. The molecule has 2 aliphatic rings. The normalized spacial score (nSPS) is 19.9. The molecule has 1 aromatic carbocycles. The summed E-state index contributed by atoms with van der Waals surface area (Å²) in [5.74, 6) is 0.441. The number of fused-ring (bicyclic) bond motifs is 3. The van der Waals surface area contributed by atoms with E-state index in [0.717, 1.165) is 40.8 Å². The van der Waals surface area contributed by atoms with Crippen LogP contribution in [0, 0.1) is 0 Å². The third-order valence-electron chi connectivity index (χ3n) is 7.15. The number of rotatable bonds is 5. The van der Waals surface area contributed by atoms with Gasteiger partial charge in [-0.05, 0) is 43.2 Å². The number of ether oxygens (including phenoxy) is 1. The lowest BCUT2D eigenvalue weighted by molar-refractivity contribution is 0.0414. The number of pyridine rings is 2. The number of piperazine rings is 1. The second kappa shape index (κ2) is 9.09. The summed E-state index contributed by atoms with van der Waals surface area (Å²) >= 11 is 3.54. The Kier molecular flexibility index (Phi) is 5.78. The van der Waals surface area contributed by atoms with Crippen LogP contribution in [0.1, 0.15) is 29.0 Å². The van der Waals surface area contributed by atoms with E-state index in [1.807, 2.05) is 17.0 Å². The Hall–Kier alpha value is -3.23. The fourth-order valence-electron chi connectivity index (χ4n) is 5.43. The zero-order valence-electron chi connectivity index (χ0n) is 19.5. The van der Waals surface area contributed by atoms with Crippen LogP contribution in [0.5, 0.6) is 5.88 Å². The fraction of sp³-hybridized carbons (Fsp3) is 0.296. The molecule has 0 saturated carbocycles. The van der Waals surface area contributed by atoms with E-state index in [-0.39, 0.29) is 5.91 Å². The summed E-state index contributed by atoms with van der Waals surface area (Å²) < 4.78 is 8.47. The molecule has 4 aromatic rings. The molecule has 8 heteroatoms. The van der Waals surface area contributed by atoms with Gasteiger partial charge in [0.2, 0.25) is 5.88 Å². The van der Waals surface area contributed by atoms with Gasteiger partial charge in [0.05, 0.1) is 18.5 Å². The van der Waals surface area contributed by atoms with Gasteiger partial charge in [-0.3, -0.25) is 9.69 Å². The van der Waals surface area contributed by atoms with Crippen molar-refractivity contribution in [3.8, 4) is 17.1 Å². The highest BCUT2D eigenvalue weighted by Crippen LogP contribution is 2.35. The summed E-state index contributed by atoms with van der Waals surface area (Å²) in [5.41, 5.74) is 4.70. The molecule has 5 heterocycles. The molecular weight excluding hydrogens is 506 g/mol. The van der Waals surface area contributed by atoms with Crippen molar-refractivity contribution in [3.63, 3.8) is 0 Å². The summed E-state index contributed by atoms with van der Waals surface area (Å²) in [6.45, 7) is 2.21. The minimum atomic E-state index is -0.0224. The number of nitrogens with zero attached hydrogens (tertiary/aromatic N) is 5. The van der Waals surface area contributed by atoms with Crippen molar-refractivity contribution in [2.24, 2.45) is 0 Å². The fourth-order valence-corrected chi connectivity index (χ4v) is 5.70. The number of halogens is 1. The molecule has 35 heavy (non-hydrogen) atoms. The average Bonchev–Trinajstić information content (AvgIpc) is 3.36. The van der Waals surface area contributed by atoms with Crippen LogP contribution < -0.4 is 4.74 Å². The van der Waals surface area contributed by atoms with Gasteiger partial charge in [-0.15, -0.1) is 0 Å². The molecule has 2 unspecified atom stereocenters. The maximum Gasteiger partial charge on any atom is 0.272 e. The molecule has 0 aliphatic carbocycles. The van der Waals surface area contributed by atoms with Gasteiger partial charge in [-0.1, -0.05) is 40.2 Å². The quantitative estimate of drug-likeness (QED) is 0.375. The number of methoxy groups -OCH3 is 1. The number of amides is 1. The lowest BCUT2D eigenvalue weighted by atomic mass is 10.1. The van der Waals surface area contributed by atoms with E-state index in [9.17, 15) is 4.79 Å². The van der Waals surface area contributed by atoms with Crippen LogP contribution in [0.3, 0.4) is 0 Å². The predicted octanol–water partition coefficient (Wildman–Crippen LogP) is 4.66. The molecule has 2 fully saturated rings. The zero-order chi connectivity index (χ0) is 23.9. The molecule has 2 saturated heterocycles.